The zero-order valence-corrected chi connectivity index (χ0v) is 17.8. The third-order valence-electron chi connectivity index (χ3n) is 6.28. The standard InChI is InChI=1S/C19H31BN4O5/c1-18(2)19(3,4)29-20(28-18)13-10-21-17(22-11-13)23(5)14-6-8-24(9-7-14)16(27)15(26)12-25/h10-11,14-15,25-26H,6-9,12H2,1-5H3/t15-/m0/s1. The topological polar surface area (TPSA) is 108 Å². The predicted molar refractivity (Wildman–Crippen MR) is 109 cm³/mol. The molecule has 0 aliphatic carbocycles. The lowest BCUT2D eigenvalue weighted by Crippen LogP contribution is -2.49. The average Bonchev–Trinajstić information content (AvgIpc) is 2.93. The van der Waals surface area contributed by atoms with Crippen molar-refractivity contribution in [3.05, 3.63) is 12.4 Å². The van der Waals surface area contributed by atoms with Crippen molar-refractivity contribution in [2.75, 3.05) is 31.6 Å². The van der Waals surface area contributed by atoms with E-state index in [1.165, 1.54) is 0 Å². The van der Waals surface area contributed by atoms with Gasteiger partial charge in [0.15, 0.2) is 6.10 Å². The van der Waals surface area contributed by atoms with E-state index in [-0.39, 0.29) is 6.04 Å². The number of amides is 1. The molecule has 2 saturated heterocycles. The number of anilines is 1. The fourth-order valence-corrected chi connectivity index (χ4v) is 3.54. The molecule has 0 spiro atoms. The van der Waals surface area contributed by atoms with Crippen LogP contribution in [0.25, 0.3) is 0 Å². The molecule has 10 heteroatoms. The summed E-state index contributed by atoms with van der Waals surface area (Å²) < 4.78 is 12.1. The van der Waals surface area contributed by atoms with E-state index in [9.17, 15) is 9.90 Å². The van der Waals surface area contributed by atoms with E-state index < -0.39 is 36.9 Å². The van der Waals surface area contributed by atoms with Crippen molar-refractivity contribution >= 4 is 24.4 Å². The molecule has 2 N–H and O–H groups in total. The second-order valence-corrected chi connectivity index (χ2v) is 8.77. The first-order valence-electron chi connectivity index (χ1n) is 10.0. The molecule has 0 saturated carbocycles. The van der Waals surface area contributed by atoms with Gasteiger partial charge >= 0.3 is 7.12 Å². The van der Waals surface area contributed by atoms with Gasteiger partial charge in [-0.2, -0.15) is 0 Å². The lowest BCUT2D eigenvalue weighted by atomic mass is 9.81. The monoisotopic (exact) mass is 406 g/mol. The van der Waals surface area contributed by atoms with Crippen LogP contribution >= 0.6 is 0 Å². The Morgan fingerprint density at radius 2 is 1.76 bits per heavy atom. The molecule has 2 aliphatic rings. The van der Waals surface area contributed by atoms with Crippen molar-refractivity contribution in [3.8, 4) is 0 Å². The molecule has 1 aromatic heterocycles. The molecule has 2 aliphatic heterocycles. The van der Waals surface area contributed by atoms with Crippen LogP contribution < -0.4 is 10.4 Å². The number of hydrogen-bond acceptors (Lipinski definition) is 8. The molecule has 2 fully saturated rings. The van der Waals surface area contributed by atoms with Crippen molar-refractivity contribution in [1.29, 1.82) is 0 Å². The fraction of sp³-hybridized carbons (Fsp3) is 0.737. The second-order valence-electron chi connectivity index (χ2n) is 8.77. The van der Waals surface area contributed by atoms with Gasteiger partial charge in [0, 0.05) is 44.0 Å². The van der Waals surface area contributed by atoms with E-state index in [2.05, 4.69) is 9.97 Å². The molecule has 0 aromatic carbocycles. The van der Waals surface area contributed by atoms with E-state index in [0.29, 0.717) is 19.0 Å². The van der Waals surface area contributed by atoms with Crippen molar-refractivity contribution < 1.29 is 24.3 Å². The predicted octanol–water partition coefficient (Wildman–Crippen LogP) is -0.444. The second kappa shape index (κ2) is 8.18. The maximum Gasteiger partial charge on any atom is 0.498 e. The molecule has 160 valence electrons. The summed E-state index contributed by atoms with van der Waals surface area (Å²) in [6, 6.07) is 0.188. The van der Waals surface area contributed by atoms with E-state index in [1.807, 2.05) is 39.6 Å². The van der Waals surface area contributed by atoms with Gasteiger partial charge in [-0.3, -0.25) is 4.79 Å². The molecule has 1 amide bonds. The molecule has 1 aromatic rings. The minimum absolute atomic E-state index is 0.188. The maximum absolute atomic E-state index is 12.0. The highest BCUT2D eigenvalue weighted by Crippen LogP contribution is 2.36. The van der Waals surface area contributed by atoms with Gasteiger partial charge in [0.2, 0.25) is 5.95 Å². The number of carbonyl (C=O) groups is 1. The summed E-state index contributed by atoms with van der Waals surface area (Å²) in [6.07, 6.45) is 3.61. The SMILES string of the molecule is CN(c1ncc(B2OC(C)(C)C(C)(C)O2)cn1)C1CCN(C(=O)[C@@H](O)CO)CC1. The van der Waals surface area contributed by atoms with Crippen LogP contribution in [0.5, 0.6) is 0 Å². The normalized spacial score (nSPS) is 22.6. The molecular weight excluding hydrogens is 375 g/mol. The minimum Gasteiger partial charge on any atom is -0.399 e. The number of nitrogens with zero attached hydrogens (tertiary/aromatic N) is 4. The van der Waals surface area contributed by atoms with Crippen LogP contribution in [0.4, 0.5) is 5.95 Å². The van der Waals surface area contributed by atoms with Gasteiger partial charge in [-0.05, 0) is 40.5 Å². The minimum atomic E-state index is -1.34. The van der Waals surface area contributed by atoms with Crippen molar-refractivity contribution in [2.24, 2.45) is 0 Å². The number of rotatable bonds is 5. The fourth-order valence-electron chi connectivity index (χ4n) is 3.54. The maximum atomic E-state index is 12.0. The summed E-state index contributed by atoms with van der Waals surface area (Å²) in [5.74, 6) is 0.182. The molecule has 0 bridgehead atoms. The number of aliphatic hydroxyl groups is 2. The van der Waals surface area contributed by atoms with Gasteiger partial charge in [-0.25, -0.2) is 9.97 Å². The van der Waals surface area contributed by atoms with Crippen LogP contribution in [-0.4, -0.2) is 88.2 Å². The van der Waals surface area contributed by atoms with Crippen molar-refractivity contribution in [1.82, 2.24) is 14.9 Å². The third-order valence-corrected chi connectivity index (χ3v) is 6.28. The molecule has 1 atom stereocenters. The summed E-state index contributed by atoms with van der Waals surface area (Å²) >= 11 is 0. The molecule has 3 rings (SSSR count). The smallest absolute Gasteiger partial charge is 0.399 e. The van der Waals surface area contributed by atoms with Gasteiger partial charge < -0.3 is 29.3 Å². The first-order chi connectivity index (χ1) is 13.6. The first-order valence-corrected chi connectivity index (χ1v) is 10.0. The molecule has 9 nitrogen and oxygen atoms in total. The zero-order valence-electron chi connectivity index (χ0n) is 17.8. The number of aliphatic hydroxyl groups excluding tert-OH is 2. The van der Waals surface area contributed by atoms with E-state index >= 15 is 0 Å². The van der Waals surface area contributed by atoms with Crippen LogP contribution in [-0.2, 0) is 14.1 Å². The molecule has 3 heterocycles. The summed E-state index contributed by atoms with van der Waals surface area (Å²) in [5, 5.41) is 18.5. The van der Waals surface area contributed by atoms with Crippen LogP contribution in [0.1, 0.15) is 40.5 Å². The average molecular weight is 406 g/mol. The first kappa shape index (κ1) is 22.0. The van der Waals surface area contributed by atoms with Crippen molar-refractivity contribution in [3.63, 3.8) is 0 Å². The van der Waals surface area contributed by atoms with Crippen LogP contribution in [0.2, 0.25) is 0 Å². The Bertz CT molecular complexity index is 706. The van der Waals surface area contributed by atoms with E-state index in [1.54, 1.807) is 17.3 Å². The van der Waals surface area contributed by atoms with Crippen LogP contribution in [0.3, 0.4) is 0 Å². The lowest BCUT2D eigenvalue weighted by molar-refractivity contribution is -0.143. The van der Waals surface area contributed by atoms with Gasteiger partial charge in [0.25, 0.3) is 5.91 Å². The van der Waals surface area contributed by atoms with Gasteiger partial charge in [0.05, 0.1) is 17.8 Å². The zero-order chi connectivity index (χ0) is 21.4. The van der Waals surface area contributed by atoms with E-state index in [0.717, 1.165) is 18.3 Å². The van der Waals surface area contributed by atoms with Crippen molar-refractivity contribution in [2.45, 2.75) is 63.9 Å². The van der Waals surface area contributed by atoms with Crippen LogP contribution in [0, 0.1) is 0 Å². The molecular formula is C19H31BN4O5. The quantitative estimate of drug-likeness (QED) is 0.634. The van der Waals surface area contributed by atoms with E-state index in [4.69, 9.17) is 14.4 Å². The number of aromatic nitrogens is 2. The Morgan fingerprint density at radius 1 is 1.24 bits per heavy atom. The molecule has 29 heavy (non-hydrogen) atoms. The van der Waals surface area contributed by atoms with Gasteiger partial charge in [-0.15, -0.1) is 0 Å². The largest absolute Gasteiger partial charge is 0.498 e. The lowest BCUT2D eigenvalue weighted by Gasteiger charge is -2.37. The molecule has 0 radical (unpaired) electrons. The molecule has 0 unspecified atom stereocenters. The number of hydrogen-bond donors (Lipinski definition) is 2. The number of carbonyl (C=O) groups excluding carboxylic acids is 1. The Morgan fingerprint density at radius 3 is 2.24 bits per heavy atom. The Labute approximate surface area is 172 Å². The summed E-state index contributed by atoms with van der Waals surface area (Å²) in [5.41, 5.74) is -0.0520. The van der Waals surface area contributed by atoms with Gasteiger partial charge in [0.1, 0.15) is 0 Å². The highest BCUT2D eigenvalue weighted by Gasteiger charge is 2.52. The number of likely N-dealkylation sites (tertiary alicyclic amines) is 1. The highest BCUT2D eigenvalue weighted by atomic mass is 16.7. The number of piperidine rings is 1. The Hall–Kier alpha value is -1.75. The van der Waals surface area contributed by atoms with Gasteiger partial charge in [-0.1, -0.05) is 0 Å². The van der Waals surface area contributed by atoms with Crippen LogP contribution in [0.15, 0.2) is 12.4 Å². The highest BCUT2D eigenvalue weighted by molar-refractivity contribution is 6.61. The summed E-state index contributed by atoms with van der Waals surface area (Å²) in [6.45, 7) is 8.52. The third kappa shape index (κ3) is 4.40. The summed E-state index contributed by atoms with van der Waals surface area (Å²) in [7, 11) is 1.45. The Balaban J connectivity index is 1.59. The Kier molecular flexibility index (Phi) is 6.19. The summed E-state index contributed by atoms with van der Waals surface area (Å²) in [4.78, 5) is 24.6.